The number of anilines is 1. The van der Waals surface area contributed by atoms with Crippen molar-refractivity contribution in [2.75, 3.05) is 19.1 Å². The Balaban J connectivity index is 1.95. The molecule has 1 aliphatic heterocycles. The normalized spacial score (nSPS) is 15.6. The summed E-state index contributed by atoms with van der Waals surface area (Å²) >= 11 is 0. The maximum Gasteiger partial charge on any atom is 0.161 e. The third-order valence-corrected chi connectivity index (χ3v) is 5.59. The van der Waals surface area contributed by atoms with Gasteiger partial charge in [0.2, 0.25) is 0 Å². The van der Waals surface area contributed by atoms with Gasteiger partial charge in [0.1, 0.15) is 0 Å². The number of fused-ring (bicyclic) bond motifs is 1. The Labute approximate surface area is 173 Å². The Morgan fingerprint density at radius 3 is 1.86 bits per heavy atom. The van der Waals surface area contributed by atoms with Gasteiger partial charge in [0, 0.05) is 11.4 Å². The quantitative estimate of drug-likeness (QED) is 0.527. The minimum absolute atomic E-state index is 0.0538. The van der Waals surface area contributed by atoms with Crippen molar-refractivity contribution >= 4 is 11.8 Å². The number of benzene rings is 3. The molecule has 0 spiro atoms. The summed E-state index contributed by atoms with van der Waals surface area (Å²) in [5.74, 6) is 1.50. The molecule has 3 aromatic carbocycles. The van der Waals surface area contributed by atoms with E-state index in [1.165, 1.54) is 33.6 Å². The van der Waals surface area contributed by atoms with E-state index in [1.54, 1.807) is 14.2 Å². The first-order valence-corrected chi connectivity index (χ1v) is 9.88. The fraction of sp³-hybridized carbons (Fsp3) is 0.231. The highest BCUT2D eigenvalue weighted by Crippen LogP contribution is 2.45. The zero-order valence-corrected chi connectivity index (χ0v) is 17.7. The molecule has 0 saturated heterocycles. The topological polar surface area (TPSA) is 21.7 Å². The summed E-state index contributed by atoms with van der Waals surface area (Å²) in [6.45, 7) is 6.41. The molecule has 29 heavy (non-hydrogen) atoms. The second-order valence-electron chi connectivity index (χ2n) is 7.64. The number of hydrogen-bond donors (Lipinski definition) is 0. The summed E-state index contributed by atoms with van der Waals surface area (Å²) in [5.41, 5.74) is 8.50. The molecule has 1 unspecified atom stereocenters. The Kier molecular flexibility index (Phi) is 5.06. The Morgan fingerprint density at radius 1 is 0.724 bits per heavy atom. The van der Waals surface area contributed by atoms with E-state index < -0.39 is 0 Å². The lowest BCUT2D eigenvalue weighted by Gasteiger charge is -2.39. The summed E-state index contributed by atoms with van der Waals surface area (Å²) in [4.78, 5) is 2.40. The summed E-state index contributed by atoms with van der Waals surface area (Å²) in [5, 5.41) is 0. The van der Waals surface area contributed by atoms with E-state index in [2.05, 4.69) is 92.4 Å². The standard InChI is InChI=1S/C26H27NO2/c1-17-6-10-20(11-7-17)26-23-16-25(29-5)24(28-4)15-21(23)14-19(3)27(26)22-12-8-18(2)9-13-22/h6-16,26H,1-5H3. The molecule has 3 nitrogen and oxygen atoms in total. The highest BCUT2D eigenvalue weighted by atomic mass is 16.5. The van der Waals surface area contributed by atoms with Crippen LogP contribution in [0.15, 0.2) is 66.4 Å². The smallest absolute Gasteiger partial charge is 0.161 e. The monoisotopic (exact) mass is 385 g/mol. The van der Waals surface area contributed by atoms with Gasteiger partial charge in [-0.25, -0.2) is 0 Å². The fourth-order valence-corrected chi connectivity index (χ4v) is 4.04. The largest absolute Gasteiger partial charge is 0.493 e. The molecule has 0 amide bonds. The van der Waals surface area contributed by atoms with Gasteiger partial charge in [-0.2, -0.15) is 0 Å². The lowest BCUT2D eigenvalue weighted by Crippen LogP contribution is -2.31. The zero-order valence-electron chi connectivity index (χ0n) is 17.7. The molecule has 1 atom stereocenters. The number of methoxy groups -OCH3 is 2. The molecule has 3 heteroatoms. The van der Waals surface area contributed by atoms with Crippen LogP contribution in [0.3, 0.4) is 0 Å². The van der Waals surface area contributed by atoms with Crippen LogP contribution in [0, 0.1) is 13.8 Å². The second kappa shape index (κ2) is 7.67. The molecule has 0 saturated carbocycles. The first-order valence-electron chi connectivity index (χ1n) is 9.88. The van der Waals surface area contributed by atoms with Crippen molar-refractivity contribution in [3.05, 3.63) is 94.2 Å². The fourth-order valence-electron chi connectivity index (χ4n) is 4.04. The predicted octanol–water partition coefficient (Wildman–Crippen LogP) is 6.29. The first kappa shape index (κ1) is 19.1. The van der Waals surface area contributed by atoms with Crippen LogP contribution in [-0.2, 0) is 0 Å². The van der Waals surface area contributed by atoms with Crippen molar-refractivity contribution in [2.24, 2.45) is 0 Å². The van der Waals surface area contributed by atoms with E-state index >= 15 is 0 Å². The lowest BCUT2D eigenvalue weighted by atomic mass is 9.88. The van der Waals surface area contributed by atoms with Crippen LogP contribution < -0.4 is 14.4 Å². The van der Waals surface area contributed by atoms with Crippen LogP contribution >= 0.6 is 0 Å². The van der Waals surface area contributed by atoms with Crippen LogP contribution in [0.25, 0.3) is 6.08 Å². The van der Waals surface area contributed by atoms with Crippen molar-refractivity contribution < 1.29 is 9.47 Å². The van der Waals surface area contributed by atoms with Crippen LogP contribution in [0.4, 0.5) is 5.69 Å². The summed E-state index contributed by atoms with van der Waals surface area (Å²) in [7, 11) is 3.37. The molecule has 148 valence electrons. The molecule has 0 bridgehead atoms. The molecule has 4 rings (SSSR count). The third kappa shape index (κ3) is 3.49. The lowest BCUT2D eigenvalue weighted by molar-refractivity contribution is 0.354. The summed E-state index contributed by atoms with van der Waals surface area (Å²) < 4.78 is 11.2. The highest BCUT2D eigenvalue weighted by Gasteiger charge is 2.31. The van der Waals surface area contributed by atoms with E-state index in [-0.39, 0.29) is 6.04 Å². The number of allylic oxidation sites excluding steroid dienone is 1. The van der Waals surface area contributed by atoms with Gasteiger partial charge in [0.15, 0.2) is 11.5 Å². The van der Waals surface area contributed by atoms with E-state index in [9.17, 15) is 0 Å². The summed E-state index contributed by atoms with van der Waals surface area (Å²) in [6.07, 6.45) is 2.22. The van der Waals surface area contributed by atoms with Crippen LogP contribution in [0.2, 0.25) is 0 Å². The van der Waals surface area contributed by atoms with Crippen molar-refractivity contribution in [3.63, 3.8) is 0 Å². The van der Waals surface area contributed by atoms with Crippen LogP contribution in [-0.4, -0.2) is 14.2 Å². The number of rotatable bonds is 4. The molecule has 3 aromatic rings. The van der Waals surface area contributed by atoms with Crippen molar-refractivity contribution in [3.8, 4) is 11.5 Å². The van der Waals surface area contributed by atoms with Crippen molar-refractivity contribution in [1.82, 2.24) is 0 Å². The van der Waals surface area contributed by atoms with Gasteiger partial charge >= 0.3 is 0 Å². The molecule has 0 N–H and O–H groups in total. The Bertz CT molecular complexity index is 1050. The van der Waals surface area contributed by atoms with Crippen molar-refractivity contribution in [2.45, 2.75) is 26.8 Å². The van der Waals surface area contributed by atoms with E-state index in [0.29, 0.717) is 0 Å². The summed E-state index contributed by atoms with van der Waals surface area (Å²) in [6, 6.07) is 21.8. The van der Waals surface area contributed by atoms with E-state index in [0.717, 1.165) is 17.1 Å². The molecular weight excluding hydrogens is 358 g/mol. The zero-order chi connectivity index (χ0) is 20.5. The Morgan fingerprint density at radius 2 is 1.28 bits per heavy atom. The SMILES string of the molecule is COc1cc2c(cc1OC)C(c1ccc(C)cc1)N(c1ccc(C)cc1)C(C)=C2. The van der Waals surface area contributed by atoms with Crippen LogP contribution in [0.1, 0.15) is 40.8 Å². The van der Waals surface area contributed by atoms with Gasteiger partial charge in [-0.05, 0) is 67.8 Å². The van der Waals surface area contributed by atoms with Gasteiger partial charge in [-0.1, -0.05) is 47.5 Å². The predicted molar refractivity (Wildman–Crippen MR) is 120 cm³/mol. The van der Waals surface area contributed by atoms with Crippen molar-refractivity contribution in [1.29, 1.82) is 0 Å². The van der Waals surface area contributed by atoms with E-state index in [4.69, 9.17) is 9.47 Å². The molecule has 0 radical (unpaired) electrons. The molecule has 0 aliphatic carbocycles. The average molecular weight is 386 g/mol. The maximum atomic E-state index is 5.62. The van der Waals surface area contributed by atoms with Gasteiger partial charge in [-0.15, -0.1) is 0 Å². The number of ether oxygens (including phenoxy) is 2. The van der Waals surface area contributed by atoms with Gasteiger partial charge in [0.05, 0.1) is 20.3 Å². The van der Waals surface area contributed by atoms with Crippen LogP contribution in [0.5, 0.6) is 11.5 Å². The minimum Gasteiger partial charge on any atom is -0.493 e. The van der Waals surface area contributed by atoms with Gasteiger partial charge in [0.25, 0.3) is 0 Å². The molecule has 1 aliphatic rings. The highest BCUT2D eigenvalue weighted by molar-refractivity contribution is 5.74. The molecule has 0 fully saturated rings. The number of nitrogens with zero attached hydrogens (tertiary/aromatic N) is 1. The first-order chi connectivity index (χ1) is 14.0. The molecular formula is C26H27NO2. The average Bonchev–Trinajstić information content (AvgIpc) is 2.73. The van der Waals surface area contributed by atoms with E-state index in [1.807, 2.05) is 0 Å². The van der Waals surface area contributed by atoms with Gasteiger partial charge < -0.3 is 14.4 Å². The second-order valence-corrected chi connectivity index (χ2v) is 7.64. The Hall–Kier alpha value is -3.20. The molecule has 0 aromatic heterocycles. The maximum absolute atomic E-state index is 5.62. The van der Waals surface area contributed by atoms with Gasteiger partial charge in [-0.3, -0.25) is 0 Å². The number of aryl methyl sites for hydroxylation is 2. The minimum atomic E-state index is 0.0538. The third-order valence-electron chi connectivity index (χ3n) is 5.59. The molecule has 1 heterocycles. The number of hydrogen-bond acceptors (Lipinski definition) is 3.